The van der Waals surface area contributed by atoms with Crippen LogP contribution in [0.5, 0.6) is 0 Å². The van der Waals surface area contributed by atoms with E-state index < -0.39 is 0 Å². The molecule has 0 spiro atoms. The topological polar surface area (TPSA) is 29.3 Å². The highest BCUT2D eigenvalue weighted by molar-refractivity contribution is 5.49. The third-order valence-corrected chi connectivity index (χ3v) is 3.53. The predicted molar refractivity (Wildman–Crippen MR) is 69.6 cm³/mol. The van der Waals surface area contributed by atoms with Crippen LogP contribution in [0.1, 0.15) is 38.8 Å². The van der Waals surface area contributed by atoms with E-state index in [0.717, 1.165) is 5.92 Å². The Labute approximate surface area is 98.4 Å². The highest BCUT2D eigenvalue weighted by atomic mass is 15.2. The second kappa shape index (κ2) is 4.46. The molecule has 0 amide bonds. The molecule has 1 heterocycles. The number of benzene rings is 1. The van der Waals surface area contributed by atoms with Crippen LogP contribution in [0.4, 0.5) is 5.69 Å². The van der Waals surface area contributed by atoms with Gasteiger partial charge in [-0.1, -0.05) is 19.1 Å². The van der Waals surface area contributed by atoms with Crippen LogP contribution in [-0.4, -0.2) is 12.6 Å². The summed E-state index contributed by atoms with van der Waals surface area (Å²) in [6, 6.07) is 9.49. The van der Waals surface area contributed by atoms with Crippen LogP contribution in [0.2, 0.25) is 0 Å². The molecular formula is C14H22N2. The molecule has 2 N–H and O–H groups in total. The summed E-state index contributed by atoms with van der Waals surface area (Å²) in [5.74, 6) is 0.808. The van der Waals surface area contributed by atoms with E-state index in [1.807, 2.05) is 6.92 Å². The molecule has 0 aromatic heterocycles. The van der Waals surface area contributed by atoms with Gasteiger partial charge in [0, 0.05) is 24.3 Å². The van der Waals surface area contributed by atoms with Crippen molar-refractivity contribution < 1.29 is 0 Å². The van der Waals surface area contributed by atoms with Crippen LogP contribution < -0.4 is 10.6 Å². The lowest BCUT2D eigenvalue weighted by Gasteiger charge is -2.24. The van der Waals surface area contributed by atoms with Crippen molar-refractivity contribution >= 4 is 5.69 Å². The summed E-state index contributed by atoms with van der Waals surface area (Å²) in [4.78, 5) is 2.50. The number of hydrogen-bond acceptors (Lipinski definition) is 2. The molecule has 2 rings (SSSR count). The van der Waals surface area contributed by atoms with Gasteiger partial charge in [-0.05, 0) is 43.9 Å². The highest BCUT2D eigenvalue weighted by Gasteiger charge is 2.25. The smallest absolute Gasteiger partial charge is 0.0368 e. The van der Waals surface area contributed by atoms with Gasteiger partial charge in [0.2, 0.25) is 0 Å². The van der Waals surface area contributed by atoms with E-state index >= 15 is 0 Å². The summed E-state index contributed by atoms with van der Waals surface area (Å²) < 4.78 is 0. The van der Waals surface area contributed by atoms with Gasteiger partial charge in [-0.15, -0.1) is 0 Å². The number of hydrogen-bond donors (Lipinski definition) is 1. The maximum atomic E-state index is 5.85. The predicted octanol–water partition coefficient (Wildman–Crippen LogP) is 2.94. The fourth-order valence-electron chi connectivity index (χ4n) is 2.63. The third kappa shape index (κ3) is 2.22. The van der Waals surface area contributed by atoms with Crippen LogP contribution >= 0.6 is 0 Å². The largest absolute Gasteiger partial charge is 0.369 e. The SMILES string of the molecule is CC1CC(C)N(c2ccc([C@@H](C)N)cc2)C1. The Hall–Kier alpha value is -1.02. The molecule has 1 aromatic carbocycles. The molecular weight excluding hydrogens is 196 g/mol. The average molecular weight is 218 g/mol. The van der Waals surface area contributed by atoms with Crippen molar-refractivity contribution in [1.82, 2.24) is 0 Å². The van der Waals surface area contributed by atoms with Gasteiger partial charge < -0.3 is 10.6 Å². The van der Waals surface area contributed by atoms with E-state index in [9.17, 15) is 0 Å². The van der Waals surface area contributed by atoms with Gasteiger partial charge in [-0.2, -0.15) is 0 Å². The lowest BCUT2D eigenvalue weighted by molar-refractivity contribution is 0.625. The minimum absolute atomic E-state index is 0.129. The van der Waals surface area contributed by atoms with Crippen molar-refractivity contribution in [3.05, 3.63) is 29.8 Å². The highest BCUT2D eigenvalue weighted by Crippen LogP contribution is 2.29. The first-order valence-corrected chi connectivity index (χ1v) is 6.20. The Morgan fingerprint density at radius 1 is 1.25 bits per heavy atom. The summed E-state index contributed by atoms with van der Waals surface area (Å²) in [6.07, 6.45) is 1.30. The third-order valence-electron chi connectivity index (χ3n) is 3.53. The van der Waals surface area contributed by atoms with E-state index in [-0.39, 0.29) is 6.04 Å². The first kappa shape index (κ1) is 11.5. The first-order valence-electron chi connectivity index (χ1n) is 6.20. The van der Waals surface area contributed by atoms with Crippen molar-refractivity contribution in [3.8, 4) is 0 Å². The lowest BCUT2D eigenvalue weighted by Crippen LogP contribution is -2.26. The Morgan fingerprint density at radius 3 is 2.31 bits per heavy atom. The molecule has 1 fully saturated rings. The summed E-state index contributed by atoms with van der Waals surface area (Å²) in [7, 11) is 0. The van der Waals surface area contributed by atoms with Crippen LogP contribution in [0, 0.1) is 5.92 Å². The molecule has 88 valence electrons. The minimum Gasteiger partial charge on any atom is -0.369 e. The lowest BCUT2D eigenvalue weighted by atomic mass is 10.1. The molecule has 0 saturated carbocycles. The fraction of sp³-hybridized carbons (Fsp3) is 0.571. The molecule has 1 saturated heterocycles. The normalized spacial score (nSPS) is 27.1. The van der Waals surface area contributed by atoms with E-state index in [1.54, 1.807) is 0 Å². The zero-order valence-corrected chi connectivity index (χ0v) is 10.5. The van der Waals surface area contributed by atoms with Gasteiger partial charge in [0.1, 0.15) is 0 Å². The van der Waals surface area contributed by atoms with Crippen molar-refractivity contribution in [3.63, 3.8) is 0 Å². The molecule has 1 aliphatic rings. The van der Waals surface area contributed by atoms with E-state index in [0.29, 0.717) is 6.04 Å². The number of nitrogens with zero attached hydrogens (tertiary/aromatic N) is 1. The fourth-order valence-corrected chi connectivity index (χ4v) is 2.63. The van der Waals surface area contributed by atoms with Gasteiger partial charge in [0.15, 0.2) is 0 Å². The molecule has 0 radical (unpaired) electrons. The van der Waals surface area contributed by atoms with Crippen molar-refractivity contribution in [1.29, 1.82) is 0 Å². The summed E-state index contributed by atoms with van der Waals surface area (Å²) >= 11 is 0. The number of anilines is 1. The van der Waals surface area contributed by atoms with Crippen LogP contribution in [-0.2, 0) is 0 Å². The Bertz CT molecular complexity index is 342. The Morgan fingerprint density at radius 2 is 1.88 bits per heavy atom. The van der Waals surface area contributed by atoms with E-state index in [1.165, 1.54) is 24.2 Å². The van der Waals surface area contributed by atoms with Gasteiger partial charge in [0.25, 0.3) is 0 Å². The Kier molecular flexibility index (Phi) is 3.20. The van der Waals surface area contributed by atoms with Gasteiger partial charge in [-0.25, -0.2) is 0 Å². The van der Waals surface area contributed by atoms with Crippen LogP contribution in [0.3, 0.4) is 0 Å². The minimum atomic E-state index is 0.129. The summed E-state index contributed by atoms with van der Waals surface area (Å²) in [6.45, 7) is 7.84. The molecule has 3 atom stereocenters. The number of rotatable bonds is 2. The monoisotopic (exact) mass is 218 g/mol. The molecule has 2 unspecified atom stereocenters. The molecule has 1 aliphatic heterocycles. The quantitative estimate of drug-likeness (QED) is 0.827. The maximum Gasteiger partial charge on any atom is 0.0368 e. The standard InChI is InChI=1S/C14H22N2/c1-10-8-11(2)16(9-10)14-6-4-13(5-7-14)12(3)15/h4-7,10-12H,8-9,15H2,1-3H3/t10?,11?,12-/m1/s1. The molecule has 16 heavy (non-hydrogen) atoms. The zero-order valence-electron chi connectivity index (χ0n) is 10.5. The molecule has 1 aromatic rings. The Balaban J connectivity index is 2.15. The summed E-state index contributed by atoms with van der Waals surface area (Å²) in [5, 5.41) is 0. The van der Waals surface area contributed by atoms with Crippen molar-refractivity contribution in [2.45, 2.75) is 39.3 Å². The molecule has 0 aliphatic carbocycles. The molecule has 0 bridgehead atoms. The van der Waals surface area contributed by atoms with Gasteiger partial charge in [0.05, 0.1) is 0 Å². The second-order valence-corrected chi connectivity index (χ2v) is 5.22. The number of nitrogens with two attached hydrogens (primary N) is 1. The van der Waals surface area contributed by atoms with E-state index in [4.69, 9.17) is 5.73 Å². The van der Waals surface area contributed by atoms with E-state index in [2.05, 4.69) is 43.0 Å². The average Bonchev–Trinajstić information content (AvgIpc) is 2.58. The molecule has 2 heteroatoms. The van der Waals surface area contributed by atoms with Crippen LogP contribution in [0.15, 0.2) is 24.3 Å². The second-order valence-electron chi connectivity index (χ2n) is 5.22. The maximum absolute atomic E-state index is 5.85. The summed E-state index contributed by atoms with van der Waals surface area (Å²) in [5.41, 5.74) is 8.40. The molecule has 2 nitrogen and oxygen atoms in total. The van der Waals surface area contributed by atoms with Gasteiger partial charge >= 0.3 is 0 Å². The van der Waals surface area contributed by atoms with Gasteiger partial charge in [-0.3, -0.25) is 0 Å². The first-order chi connectivity index (χ1) is 7.58. The van der Waals surface area contributed by atoms with Crippen LogP contribution in [0.25, 0.3) is 0 Å². The van der Waals surface area contributed by atoms with Crippen molar-refractivity contribution in [2.75, 3.05) is 11.4 Å². The zero-order chi connectivity index (χ0) is 11.7. The van der Waals surface area contributed by atoms with Crippen molar-refractivity contribution in [2.24, 2.45) is 11.7 Å².